The van der Waals surface area contributed by atoms with Crippen LogP contribution in [0, 0.1) is 5.92 Å². The van der Waals surface area contributed by atoms with Crippen LogP contribution < -0.4 is 0 Å². The van der Waals surface area contributed by atoms with Gasteiger partial charge >= 0.3 is 5.97 Å². The van der Waals surface area contributed by atoms with Gasteiger partial charge in [0, 0.05) is 13.2 Å². The number of nitrogens with zero attached hydrogens (tertiary/aromatic N) is 1. The maximum absolute atomic E-state index is 11.7. The Kier molecular flexibility index (Phi) is 7.39. The molecule has 0 aliphatic rings. The van der Waals surface area contributed by atoms with Gasteiger partial charge in [0.2, 0.25) is 0 Å². The number of carbonyl (C=O) groups excluding carboxylic acids is 1. The summed E-state index contributed by atoms with van der Waals surface area (Å²) in [5.41, 5.74) is -0.423. The van der Waals surface area contributed by atoms with Gasteiger partial charge in [-0.2, -0.15) is 0 Å². The van der Waals surface area contributed by atoms with Crippen LogP contribution in [0.1, 0.15) is 41.0 Å². The van der Waals surface area contributed by atoms with Crippen molar-refractivity contribution in [1.82, 2.24) is 4.90 Å². The van der Waals surface area contributed by atoms with Gasteiger partial charge < -0.3 is 9.84 Å². The standard InChI is InChI=1S/C13H27NO3/c1-6-14(9-11(2)7-8-15)10-12(16)17-13(3,4)5/h11,15H,6-10H2,1-5H3. The third kappa shape index (κ3) is 9.12. The van der Waals surface area contributed by atoms with Gasteiger partial charge in [-0.1, -0.05) is 13.8 Å². The molecule has 0 bridgehead atoms. The summed E-state index contributed by atoms with van der Waals surface area (Å²) in [5, 5.41) is 8.85. The van der Waals surface area contributed by atoms with Gasteiger partial charge in [0.25, 0.3) is 0 Å². The summed E-state index contributed by atoms with van der Waals surface area (Å²) in [6.07, 6.45) is 0.769. The highest BCUT2D eigenvalue weighted by Crippen LogP contribution is 2.09. The normalized spacial score (nSPS) is 13.8. The number of hydrogen-bond acceptors (Lipinski definition) is 4. The number of esters is 1. The Morgan fingerprint density at radius 2 is 2.00 bits per heavy atom. The Balaban J connectivity index is 4.08. The average Bonchev–Trinajstić information content (AvgIpc) is 2.13. The van der Waals surface area contributed by atoms with Crippen LogP contribution >= 0.6 is 0 Å². The fraction of sp³-hybridized carbons (Fsp3) is 0.923. The summed E-state index contributed by atoms with van der Waals surface area (Å²) in [5.74, 6) is 0.206. The highest BCUT2D eigenvalue weighted by molar-refractivity contribution is 5.72. The van der Waals surface area contributed by atoms with Crippen molar-refractivity contribution in [3.05, 3.63) is 0 Å². The van der Waals surface area contributed by atoms with E-state index in [1.54, 1.807) is 0 Å². The smallest absolute Gasteiger partial charge is 0.320 e. The quantitative estimate of drug-likeness (QED) is 0.693. The molecule has 0 aromatic carbocycles. The minimum Gasteiger partial charge on any atom is -0.459 e. The first-order valence-electron chi connectivity index (χ1n) is 6.33. The van der Waals surface area contributed by atoms with E-state index in [2.05, 4.69) is 11.8 Å². The Morgan fingerprint density at radius 1 is 1.41 bits per heavy atom. The van der Waals surface area contributed by atoms with Crippen LogP contribution in [0.15, 0.2) is 0 Å². The van der Waals surface area contributed by atoms with E-state index in [-0.39, 0.29) is 12.6 Å². The fourth-order valence-corrected chi connectivity index (χ4v) is 1.61. The predicted octanol–water partition coefficient (Wildman–Crippen LogP) is 1.67. The molecule has 4 nitrogen and oxygen atoms in total. The third-order valence-corrected chi connectivity index (χ3v) is 2.41. The number of hydrogen-bond donors (Lipinski definition) is 1. The van der Waals surface area contributed by atoms with Crippen molar-refractivity contribution in [1.29, 1.82) is 0 Å². The van der Waals surface area contributed by atoms with E-state index in [0.717, 1.165) is 19.5 Å². The number of aliphatic hydroxyl groups is 1. The molecule has 0 fully saturated rings. The number of aliphatic hydroxyl groups excluding tert-OH is 1. The molecule has 0 aromatic heterocycles. The van der Waals surface area contributed by atoms with Crippen LogP contribution in [-0.2, 0) is 9.53 Å². The van der Waals surface area contributed by atoms with Gasteiger partial charge in [0.05, 0.1) is 6.54 Å². The monoisotopic (exact) mass is 245 g/mol. The predicted molar refractivity (Wildman–Crippen MR) is 68.8 cm³/mol. The minimum absolute atomic E-state index is 0.185. The Hall–Kier alpha value is -0.610. The number of ether oxygens (including phenoxy) is 1. The molecule has 0 amide bonds. The molecule has 0 aromatic rings. The fourth-order valence-electron chi connectivity index (χ4n) is 1.61. The number of rotatable bonds is 7. The highest BCUT2D eigenvalue weighted by Gasteiger charge is 2.19. The number of likely N-dealkylation sites (N-methyl/N-ethyl adjacent to an activating group) is 1. The Labute approximate surface area is 105 Å². The van der Waals surface area contributed by atoms with Crippen LogP contribution in [0.2, 0.25) is 0 Å². The second kappa shape index (κ2) is 7.67. The summed E-state index contributed by atoms with van der Waals surface area (Å²) in [7, 11) is 0. The molecule has 1 atom stereocenters. The lowest BCUT2D eigenvalue weighted by molar-refractivity contribution is -0.156. The van der Waals surface area contributed by atoms with E-state index in [9.17, 15) is 4.79 Å². The van der Waals surface area contributed by atoms with Gasteiger partial charge in [-0.3, -0.25) is 9.69 Å². The molecule has 0 saturated heterocycles. The van der Waals surface area contributed by atoms with E-state index < -0.39 is 5.60 Å². The van der Waals surface area contributed by atoms with Gasteiger partial charge in [0.15, 0.2) is 0 Å². The summed E-state index contributed by atoms with van der Waals surface area (Å²) < 4.78 is 5.28. The first kappa shape index (κ1) is 16.4. The summed E-state index contributed by atoms with van der Waals surface area (Å²) >= 11 is 0. The molecule has 102 valence electrons. The summed E-state index contributed by atoms with van der Waals surface area (Å²) in [6.45, 7) is 11.9. The molecule has 0 spiro atoms. The van der Waals surface area contributed by atoms with Crippen molar-refractivity contribution < 1.29 is 14.6 Å². The molecule has 0 rings (SSSR count). The molecular weight excluding hydrogens is 218 g/mol. The molecule has 0 aliphatic carbocycles. The largest absolute Gasteiger partial charge is 0.459 e. The zero-order valence-electron chi connectivity index (χ0n) is 11.8. The molecule has 0 aliphatic heterocycles. The van der Waals surface area contributed by atoms with E-state index in [0.29, 0.717) is 12.5 Å². The second-order valence-corrected chi connectivity index (χ2v) is 5.53. The van der Waals surface area contributed by atoms with Crippen molar-refractivity contribution in [3.63, 3.8) is 0 Å². The minimum atomic E-state index is -0.423. The molecule has 1 unspecified atom stereocenters. The molecule has 0 radical (unpaired) electrons. The first-order chi connectivity index (χ1) is 7.78. The molecular formula is C13H27NO3. The molecule has 0 saturated carbocycles. The summed E-state index contributed by atoms with van der Waals surface area (Å²) in [4.78, 5) is 13.7. The Bertz CT molecular complexity index is 223. The van der Waals surface area contributed by atoms with Crippen molar-refractivity contribution in [2.75, 3.05) is 26.2 Å². The number of carbonyl (C=O) groups is 1. The van der Waals surface area contributed by atoms with Crippen LogP contribution in [0.25, 0.3) is 0 Å². The zero-order valence-corrected chi connectivity index (χ0v) is 11.8. The van der Waals surface area contributed by atoms with Crippen LogP contribution in [-0.4, -0.2) is 47.8 Å². The molecule has 17 heavy (non-hydrogen) atoms. The van der Waals surface area contributed by atoms with Crippen molar-refractivity contribution in [2.24, 2.45) is 5.92 Å². The van der Waals surface area contributed by atoms with E-state index in [4.69, 9.17) is 9.84 Å². The zero-order chi connectivity index (χ0) is 13.5. The topological polar surface area (TPSA) is 49.8 Å². The SMILES string of the molecule is CCN(CC(=O)OC(C)(C)C)CC(C)CCO. The first-order valence-corrected chi connectivity index (χ1v) is 6.33. The van der Waals surface area contributed by atoms with E-state index in [1.807, 2.05) is 27.7 Å². The lowest BCUT2D eigenvalue weighted by Crippen LogP contribution is -2.37. The van der Waals surface area contributed by atoms with Crippen molar-refractivity contribution >= 4 is 5.97 Å². The second-order valence-electron chi connectivity index (χ2n) is 5.53. The maximum Gasteiger partial charge on any atom is 0.320 e. The highest BCUT2D eigenvalue weighted by atomic mass is 16.6. The lowest BCUT2D eigenvalue weighted by Gasteiger charge is -2.25. The van der Waals surface area contributed by atoms with Gasteiger partial charge in [0.1, 0.15) is 5.60 Å². The maximum atomic E-state index is 11.7. The van der Waals surface area contributed by atoms with Gasteiger partial charge in [-0.05, 0) is 39.7 Å². The molecule has 0 heterocycles. The van der Waals surface area contributed by atoms with Crippen molar-refractivity contribution in [2.45, 2.75) is 46.6 Å². The average molecular weight is 245 g/mol. The summed E-state index contributed by atoms with van der Waals surface area (Å²) in [6, 6.07) is 0. The van der Waals surface area contributed by atoms with Crippen LogP contribution in [0.5, 0.6) is 0 Å². The van der Waals surface area contributed by atoms with Gasteiger partial charge in [-0.25, -0.2) is 0 Å². The third-order valence-electron chi connectivity index (χ3n) is 2.41. The lowest BCUT2D eigenvalue weighted by atomic mass is 10.1. The van der Waals surface area contributed by atoms with E-state index >= 15 is 0 Å². The Morgan fingerprint density at radius 3 is 2.41 bits per heavy atom. The van der Waals surface area contributed by atoms with Crippen LogP contribution in [0.4, 0.5) is 0 Å². The van der Waals surface area contributed by atoms with Gasteiger partial charge in [-0.15, -0.1) is 0 Å². The molecule has 1 N–H and O–H groups in total. The van der Waals surface area contributed by atoms with E-state index in [1.165, 1.54) is 0 Å². The van der Waals surface area contributed by atoms with Crippen LogP contribution in [0.3, 0.4) is 0 Å². The van der Waals surface area contributed by atoms with Crippen molar-refractivity contribution in [3.8, 4) is 0 Å². The molecule has 4 heteroatoms.